The second-order valence-corrected chi connectivity index (χ2v) is 10.8. The molecule has 158 valence electrons. The summed E-state index contributed by atoms with van der Waals surface area (Å²) in [7, 11) is 0. The van der Waals surface area contributed by atoms with Gasteiger partial charge in [0, 0.05) is 31.9 Å². The molecule has 1 heterocycles. The fourth-order valence-electron chi connectivity index (χ4n) is 5.98. The predicted octanol–water partition coefficient (Wildman–Crippen LogP) is 5.42. The molecule has 0 atom stereocenters. The maximum atomic E-state index is 9.76. The topological polar surface area (TPSA) is 26.7 Å². The van der Waals surface area contributed by atoms with Crippen LogP contribution in [-0.2, 0) is 6.61 Å². The molecule has 0 bridgehead atoms. The first-order valence-corrected chi connectivity index (χ1v) is 11.4. The summed E-state index contributed by atoms with van der Waals surface area (Å²) in [6, 6.07) is 6.72. The number of benzene rings is 1. The minimum absolute atomic E-state index is 0.136. The van der Waals surface area contributed by atoms with Crippen molar-refractivity contribution in [2.75, 3.05) is 37.6 Å². The van der Waals surface area contributed by atoms with Crippen molar-refractivity contribution < 1.29 is 5.11 Å². The Hall–Kier alpha value is -1.06. The zero-order valence-corrected chi connectivity index (χ0v) is 18.9. The summed E-state index contributed by atoms with van der Waals surface area (Å²) in [6.07, 6.45) is 6.37. The maximum absolute atomic E-state index is 9.76. The van der Waals surface area contributed by atoms with Crippen LogP contribution in [0.15, 0.2) is 18.2 Å². The van der Waals surface area contributed by atoms with Gasteiger partial charge in [0.2, 0.25) is 0 Å². The quantitative estimate of drug-likeness (QED) is 0.707. The second-order valence-electron chi connectivity index (χ2n) is 10.8. The first-order valence-electron chi connectivity index (χ1n) is 11.4. The first-order chi connectivity index (χ1) is 13.2. The fourth-order valence-corrected chi connectivity index (χ4v) is 5.98. The van der Waals surface area contributed by atoms with E-state index in [1.807, 2.05) is 0 Å². The molecule has 3 nitrogen and oxygen atoms in total. The number of unbranched alkanes of at least 4 members (excludes halogenated alkanes) is 1. The average molecular weight is 387 g/mol. The molecule has 1 N–H and O–H groups in total. The van der Waals surface area contributed by atoms with Crippen LogP contribution in [0, 0.1) is 10.8 Å². The van der Waals surface area contributed by atoms with Gasteiger partial charge in [0.05, 0.1) is 6.61 Å². The van der Waals surface area contributed by atoms with Crippen LogP contribution in [0.4, 0.5) is 5.69 Å². The standard InChI is InChI=1S/C25H42N2O/c1-6-7-10-26-11-13-27(14-12-26)23-9-8-20(18-28)15-22(23)21-16-24(2,3)19-25(4,5)17-21/h8-9,15,21,28H,6-7,10-14,16-19H2,1-5H3. The summed E-state index contributed by atoms with van der Waals surface area (Å²) in [5.74, 6) is 0.582. The third-order valence-corrected chi connectivity index (χ3v) is 6.81. The molecule has 3 rings (SSSR count). The van der Waals surface area contributed by atoms with Gasteiger partial charge in [-0.3, -0.25) is 4.90 Å². The summed E-state index contributed by atoms with van der Waals surface area (Å²) in [6.45, 7) is 18.0. The number of piperazine rings is 1. The van der Waals surface area contributed by atoms with Crippen LogP contribution in [0.1, 0.15) is 83.8 Å². The second kappa shape index (κ2) is 8.75. The van der Waals surface area contributed by atoms with Crippen molar-refractivity contribution in [3.05, 3.63) is 29.3 Å². The predicted molar refractivity (Wildman–Crippen MR) is 120 cm³/mol. The third kappa shape index (κ3) is 5.30. The number of nitrogens with zero attached hydrogens (tertiary/aromatic N) is 2. The van der Waals surface area contributed by atoms with Crippen LogP contribution >= 0.6 is 0 Å². The highest BCUT2D eigenvalue weighted by atomic mass is 16.3. The molecule has 0 radical (unpaired) electrons. The van der Waals surface area contributed by atoms with Crippen LogP contribution in [0.5, 0.6) is 0 Å². The van der Waals surface area contributed by atoms with E-state index in [4.69, 9.17) is 0 Å². The molecule has 1 saturated carbocycles. The van der Waals surface area contributed by atoms with Gasteiger partial charge in [-0.1, -0.05) is 53.2 Å². The van der Waals surface area contributed by atoms with Gasteiger partial charge in [0.1, 0.15) is 0 Å². The van der Waals surface area contributed by atoms with Crippen LogP contribution < -0.4 is 4.90 Å². The Morgan fingerprint density at radius 2 is 1.64 bits per heavy atom. The highest BCUT2D eigenvalue weighted by Gasteiger charge is 2.40. The molecule has 1 aromatic carbocycles. The highest BCUT2D eigenvalue weighted by Crippen LogP contribution is 2.53. The Kier molecular flexibility index (Phi) is 6.76. The molecule has 0 aromatic heterocycles. The Balaban J connectivity index is 1.83. The summed E-state index contributed by atoms with van der Waals surface area (Å²) in [4.78, 5) is 5.22. The number of rotatable bonds is 6. The number of hydrogen-bond donors (Lipinski definition) is 1. The summed E-state index contributed by atoms with van der Waals surface area (Å²) >= 11 is 0. The molecular formula is C25H42N2O. The van der Waals surface area contributed by atoms with E-state index in [9.17, 15) is 5.11 Å². The van der Waals surface area contributed by atoms with Crippen molar-refractivity contribution in [3.63, 3.8) is 0 Å². The van der Waals surface area contributed by atoms with E-state index < -0.39 is 0 Å². The Bertz CT molecular complexity index is 628. The largest absolute Gasteiger partial charge is 0.392 e. The van der Waals surface area contributed by atoms with E-state index in [0.29, 0.717) is 16.7 Å². The first kappa shape index (κ1) is 21.6. The highest BCUT2D eigenvalue weighted by molar-refractivity contribution is 5.57. The van der Waals surface area contributed by atoms with Gasteiger partial charge in [0.25, 0.3) is 0 Å². The summed E-state index contributed by atoms with van der Waals surface area (Å²) in [5, 5.41) is 9.76. The van der Waals surface area contributed by atoms with E-state index in [-0.39, 0.29) is 6.61 Å². The summed E-state index contributed by atoms with van der Waals surface area (Å²) in [5.41, 5.74) is 4.71. The lowest BCUT2D eigenvalue weighted by Gasteiger charge is -2.46. The van der Waals surface area contributed by atoms with Crippen LogP contribution in [0.3, 0.4) is 0 Å². The number of aliphatic hydroxyl groups excluding tert-OH is 1. The van der Waals surface area contributed by atoms with Crippen molar-refractivity contribution in [2.45, 2.75) is 79.2 Å². The average Bonchev–Trinajstić information content (AvgIpc) is 2.64. The smallest absolute Gasteiger partial charge is 0.0681 e. The van der Waals surface area contributed by atoms with Gasteiger partial charge >= 0.3 is 0 Å². The molecule has 1 aliphatic carbocycles. The van der Waals surface area contributed by atoms with Crippen molar-refractivity contribution in [2.24, 2.45) is 10.8 Å². The van der Waals surface area contributed by atoms with E-state index in [2.05, 4.69) is 62.6 Å². The van der Waals surface area contributed by atoms with Crippen molar-refractivity contribution >= 4 is 5.69 Å². The van der Waals surface area contributed by atoms with Gasteiger partial charge in [-0.2, -0.15) is 0 Å². The van der Waals surface area contributed by atoms with E-state index in [1.165, 1.54) is 63.0 Å². The van der Waals surface area contributed by atoms with E-state index in [1.54, 1.807) is 0 Å². The molecule has 1 saturated heterocycles. The van der Waals surface area contributed by atoms with Crippen molar-refractivity contribution in [1.29, 1.82) is 0 Å². The summed E-state index contributed by atoms with van der Waals surface area (Å²) < 4.78 is 0. The van der Waals surface area contributed by atoms with Gasteiger partial charge in [-0.05, 0) is 66.2 Å². The van der Waals surface area contributed by atoms with E-state index >= 15 is 0 Å². The zero-order chi connectivity index (χ0) is 20.4. The molecular weight excluding hydrogens is 344 g/mol. The third-order valence-electron chi connectivity index (χ3n) is 6.81. The molecule has 1 aromatic rings. The van der Waals surface area contributed by atoms with E-state index in [0.717, 1.165) is 18.7 Å². The molecule has 3 heteroatoms. The lowest BCUT2D eigenvalue weighted by atomic mass is 9.60. The van der Waals surface area contributed by atoms with Gasteiger partial charge in [-0.25, -0.2) is 0 Å². The molecule has 1 aliphatic heterocycles. The molecule has 0 unspecified atom stereocenters. The maximum Gasteiger partial charge on any atom is 0.0681 e. The Labute approximate surface area is 173 Å². The van der Waals surface area contributed by atoms with Crippen LogP contribution in [0.25, 0.3) is 0 Å². The number of anilines is 1. The normalized spacial score (nSPS) is 23.1. The molecule has 0 amide bonds. The molecule has 2 aliphatic rings. The van der Waals surface area contributed by atoms with Crippen LogP contribution in [-0.4, -0.2) is 42.7 Å². The Morgan fingerprint density at radius 3 is 2.21 bits per heavy atom. The lowest BCUT2D eigenvalue weighted by Crippen LogP contribution is -2.47. The number of hydrogen-bond acceptors (Lipinski definition) is 3. The fraction of sp³-hybridized carbons (Fsp3) is 0.760. The SMILES string of the molecule is CCCCN1CCN(c2ccc(CO)cc2C2CC(C)(C)CC(C)(C)C2)CC1. The Morgan fingerprint density at radius 1 is 1.00 bits per heavy atom. The van der Waals surface area contributed by atoms with Gasteiger partial charge < -0.3 is 10.0 Å². The van der Waals surface area contributed by atoms with Crippen molar-refractivity contribution in [1.82, 2.24) is 4.90 Å². The monoisotopic (exact) mass is 386 g/mol. The zero-order valence-electron chi connectivity index (χ0n) is 18.9. The van der Waals surface area contributed by atoms with Gasteiger partial charge in [-0.15, -0.1) is 0 Å². The molecule has 0 spiro atoms. The van der Waals surface area contributed by atoms with Crippen LogP contribution in [0.2, 0.25) is 0 Å². The molecule has 28 heavy (non-hydrogen) atoms. The van der Waals surface area contributed by atoms with Crippen molar-refractivity contribution in [3.8, 4) is 0 Å². The minimum Gasteiger partial charge on any atom is -0.392 e. The lowest BCUT2D eigenvalue weighted by molar-refractivity contribution is 0.0969. The van der Waals surface area contributed by atoms with Gasteiger partial charge in [0.15, 0.2) is 0 Å². The number of aliphatic hydroxyl groups is 1. The minimum atomic E-state index is 0.136. The molecule has 2 fully saturated rings.